The van der Waals surface area contributed by atoms with Crippen molar-refractivity contribution in [2.24, 2.45) is 5.10 Å². The molecule has 0 heterocycles. The van der Waals surface area contributed by atoms with E-state index < -0.39 is 23.8 Å². The first-order valence-electron chi connectivity index (χ1n) is 8.09. The molecule has 0 fully saturated rings. The lowest BCUT2D eigenvalue weighted by molar-refractivity contribution is -0.255. The molecule has 148 valence electrons. The van der Waals surface area contributed by atoms with Crippen molar-refractivity contribution in [2.75, 3.05) is 14.2 Å². The van der Waals surface area contributed by atoms with E-state index in [-0.39, 0.29) is 28.4 Å². The normalized spacial score (nSPS) is 11.7. The number of carboxylic acid groups (broad SMARTS) is 1. The molecule has 0 saturated heterocycles. The minimum Gasteiger partial charge on any atom is -0.545 e. The Morgan fingerprint density at radius 3 is 2.46 bits per heavy atom. The molecule has 0 unspecified atom stereocenters. The van der Waals surface area contributed by atoms with Crippen LogP contribution in [-0.2, 0) is 4.79 Å². The van der Waals surface area contributed by atoms with Crippen LogP contribution in [0.25, 0.3) is 0 Å². The number of nitrogens with zero attached hydrogens (tertiary/aromatic N) is 1. The second kappa shape index (κ2) is 9.36. The lowest BCUT2D eigenvalue weighted by Crippen LogP contribution is -2.33. The largest absolute Gasteiger partial charge is 0.545 e. The number of halogens is 1. The maximum Gasteiger partial charge on any atom is 0.280 e. The van der Waals surface area contributed by atoms with Gasteiger partial charge in [0.25, 0.3) is 5.91 Å². The maximum atomic E-state index is 13.6. The fraction of sp³-hybridized carbons (Fsp3) is 0.211. The van der Waals surface area contributed by atoms with Gasteiger partial charge in [-0.3, -0.25) is 4.79 Å². The van der Waals surface area contributed by atoms with Crippen molar-refractivity contribution in [3.63, 3.8) is 0 Å². The number of para-hydroxylation sites is 1. The second-order valence-electron chi connectivity index (χ2n) is 5.48. The van der Waals surface area contributed by atoms with Gasteiger partial charge in [-0.15, -0.1) is 0 Å². The van der Waals surface area contributed by atoms with Gasteiger partial charge in [-0.1, -0.05) is 12.1 Å². The van der Waals surface area contributed by atoms with E-state index in [9.17, 15) is 19.1 Å². The Bertz CT molecular complexity index is 900. The highest BCUT2D eigenvalue weighted by atomic mass is 19.1. The molecule has 8 nitrogen and oxygen atoms in total. The summed E-state index contributed by atoms with van der Waals surface area (Å²) in [7, 11) is 2.65. The Morgan fingerprint density at radius 1 is 1.14 bits per heavy atom. The van der Waals surface area contributed by atoms with Crippen LogP contribution >= 0.6 is 0 Å². The Labute approximate surface area is 160 Å². The summed E-state index contributed by atoms with van der Waals surface area (Å²) in [5, 5.41) is 15.2. The molecule has 0 aliphatic heterocycles. The molecular formula is C19H18FN2O6-. The third-order valence-electron chi connectivity index (χ3n) is 3.67. The van der Waals surface area contributed by atoms with Crippen LogP contribution in [-0.4, -0.2) is 38.4 Å². The molecule has 1 amide bonds. The van der Waals surface area contributed by atoms with E-state index >= 15 is 0 Å². The fourth-order valence-corrected chi connectivity index (χ4v) is 2.30. The van der Waals surface area contributed by atoms with Crippen molar-refractivity contribution in [3.05, 3.63) is 53.3 Å². The highest BCUT2D eigenvalue weighted by Gasteiger charge is 2.17. The Balaban J connectivity index is 2.12. The summed E-state index contributed by atoms with van der Waals surface area (Å²) >= 11 is 0. The van der Waals surface area contributed by atoms with E-state index in [0.717, 1.165) is 6.21 Å². The van der Waals surface area contributed by atoms with E-state index in [2.05, 4.69) is 10.5 Å². The van der Waals surface area contributed by atoms with E-state index in [1.807, 2.05) is 0 Å². The number of nitrogens with one attached hydrogen (secondary N) is 1. The number of ether oxygens (including phenoxy) is 3. The lowest BCUT2D eigenvalue weighted by Gasteiger charge is -2.16. The third kappa shape index (κ3) is 4.76. The molecule has 1 atom stereocenters. The molecule has 2 rings (SSSR count). The number of benzene rings is 2. The molecule has 0 bridgehead atoms. The standard InChI is InChI=1S/C19H19FN2O6/c1-11(28-14-7-5-4-6-13(14)20)18(23)22-21-10-12-8-9-15(26-2)17(27-3)16(12)19(24)25/h4-11H,1-3H3,(H,22,23)(H,24,25)/p-1/b21-10-/t11-/m0/s1. The van der Waals surface area contributed by atoms with Crippen LogP contribution in [0.4, 0.5) is 4.39 Å². The molecule has 2 aromatic carbocycles. The first kappa shape index (κ1) is 20.7. The van der Waals surface area contributed by atoms with Crippen molar-refractivity contribution in [1.29, 1.82) is 0 Å². The molecule has 0 spiro atoms. The van der Waals surface area contributed by atoms with Gasteiger partial charge >= 0.3 is 0 Å². The Hall–Kier alpha value is -3.62. The maximum absolute atomic E-state index is 13.6. The van der Waals surface area contributed by atoms with Crippen molar-refractivity contribution in [3.8, 4) is 17.2 Å². The number of rotatable bonds is 8. The van der Waals surface area contributed by atoms with Crippen molar-refractivity contribution < 1.29 is 33.3 Å². The molecule has 0 aromatic heterocycles. The summed E-state index contributed by atoms with van der Waals surface area (Å²) in [5.74, 6) is -2.67. The van der Waals surface area contributed by atoms with Gasteiger partial charge in [0.1, 0.15) is 0 Å². The van der Waals surface area contributed by atoms with E-state index in [0.29, 0.717) is 0 Å². The predicted octanol–water partition coefficient (Wildman–Crippen LogP) is 1.12. The first-order chi connectivity index (χ1) is 13.4. The lowest BCUT2D eigenvalue weighted by atomic mass is 10.1. The zero-order valence-corrected chi connectivity index (χ0v) is 15.4. The monoisotopic (exact) mass is 389 g/mol. The highest BCUT2D eigenvalue weighted by Crippen LogP contribution is 2.32. The molecule has 9 heteroatoms. The van der Waals surface area contributed by atoms with Crippen LogP contribution in [0.1, 0.15) is 22.8 Å². The summed E-state index contributed by atoms with van der Waals surface area (Å²) in [4.78, 5) is 23.5. The average Bonchev–Trinajstić information content (AvgIpc) is 2.68. The topological polar surface area (TPSA) is 109 Å². The highest BCUT2D eigenvalue weighted by molar-refractivity contribution is 6.01. The smallest absolute Gasteiger partial charge is 0.280 e. The third-order valence-corrected chi connectivity index (χ3v) is 3.67. The predicted molar refractivity (Wildman–Crippen MR) is 96.1 cm³/mol. The zero-order valence-electron chi connectivity index (χ0n) is 15.4. The molecule has 0 aliphatic carbocycles. The van der Waals surface area contributed by atoms with Crippen LogP contribution in [0.2, 0.25) is 0 Å². The van der Waals surface area contributed by atoms with Crippen LogP contribution in [0.3, 0.4) is 0 Å². The fourth-order valence-electron chi connectivity index (χ4n) is 2.30. The quantitative estimate of drug-likeness (QED) is 0.535. The van der Waals surface area contributed by atoms with E-state index in [1.54, 1.807) is 6.07 Å². The number of carbonyl (C=O) groups is 2. The molecule has 0 saturated carbocycles. The Morgan fingerprint density at radius 2 is 1.86 bits per heavy atom. The van der Waals surface area contributed by atoms with Gasteiger partial charge in [-0.05, 0) is 31.2 Å². The van der Waals surface area contributed by atoms with Crippen molar-refractivity contribution in [1.82, 2.24) is 5.43 Å². The summed E-state index contributed by atoms with van der Waals surface area (Å²) < 4.78 is 28.9. The number of hydrazone groups is 1. The molecule has 0 radical (unpaired) electrons. The number of aromatic carboxylic acids is 1. The molecular weight excluding hydrogens is 371 g/mol. The SMILES string of the molecule is COc1ccc(/C=N\NC(=O)[C@H](C)Oc2ccccc2F)c(C(=O)[O-])c1OC. The molecule has 1 N–H and O–H groups in total. The van der Waals surface area contributed by atoms with Crippen LogP contribution in [0.5, 0.6) is 17.2 Å². The summed E-state index contributed by atoms with van der Waals surface area (Å²) in [6.45, 7) is 1.42. The minimum atomic E-state index is -1.50. The van der Waals surface area contributed by atoms with Crippen molar-refractivity contribution >= 4 is 18.1 Å². The second-order valence-corrected chi connectivity index (χ2v) is 5.48. The summed E-state index contributed by atoms with van der Waals surface area (Å²) in [6, 6.07) is 8.56. The Kier molecular flexibility index (Phi) is 6.91. The van der Waals surface area contributed by atoms with E-state index in [4.69, 9.17) is 14.2 Å². The number of carbonyl (C=O) groups excluding carboxylic acids is 2. The number of amides is 1. The molecule has 2 aromatic rings. The number of hydrogen-bond donors (Lipinski definition) is 1. The van der Waals surface area contributed by atoms with Gasteiger partial charge in [0.2, 0.25) is 0 Å². The van der Waals surface area contributed by atoms with Gasteiger partial charge in [0, 0.05) is 5.56 Å². The van der Waals surface area contributed by atoms with Gasteiger partial charge in [-0.25, -0.2) is 9.82 Å². The number of hydrogen-bond acceptors (Lipinski definition) is 7. The van der Waals surface area contributed by atoms with Crippen molar-refractivity contribution in [2.45, 2.75) is 13.0 Å². The summed E-state index contributed by atoms with van der Waals surface area (Å²) in [5.41, 5.74) is 2.04. The van der Waals surface area contributed by atoms with E-state index in [1.165, 1.54) is 51.5 Å². The average molecular weight is 389 g/mol. The minimum absolute atomic E-state index is 0.0333. The van der Waals surface area contributed by atoms with Crippen LogP contribution in [0.15, 0.2) is 41.5 Å². The first-order valence-corrected chi connectivity index (χ1v) is 8.09. The van der Waals surface area contributed by atoms with Crippen LogP contribution in [0, 0.1) is 5.82 Å². The number of carboxylic acids is 1. The van der Waals surface area contributed by atoms with Gasteiger partial charge in [-0.2, -0.15) is 5.10 Å². The van der Waals surface area contributed by atoms with Gasteiger partial charge < -0.3 is 24.1 Å². The van der Waals surface area contributed by atoms with Gasteiger partial charge in [0.05, 0.1) is 32.0 Å². The number of methoxy groups -OCH3 is 2. The molecule has 0 aliphatic rings. The summed E-state index contributed by atoms with van der Waals surface area (Å²) in [6.07, 6.45) is 0.0703. The molecule has 28 heavy (non-hydrogen) atoms. The van der Waals surface area contributed by atoms with Crippen LogP contribution < -0.4 is 24.7 Å². The zero-order chi connectivity index (χ0) is 20.7. The van der Waals surface area contributed by atoms with Gasteiger partial charge in [0.15, 0.2) is 29.2 Å².